The van der Waals surface area contributed by atoms with Gasteiger partial charge in [-0.3, -0.25) is 0 Å². The third-order valence-electron chi connectivity index (χ3n) is 4.61. The van der Waals surface area contributed by atoms with Crippen molar-refractivity contribution in [3.63, 3.8) is 0 Å². The molecule has 0 saturated heterocycles. The van der Waals surface area contributed by atoms with E-state index >= 15 is 0 Å². The summed E-state index contributed by atoms with van der Waals surface area (Å²) in [7, 11) is 0. The summed E-state index contributed by atoms with van der Waals surface area (Å²) in [5.41, 5.74) is 1.77. The predicted molar refractivity (Wildman–Crippen MR) is 85.8 cm³/mol. The Kier molecular flexibility index (Phi) is 3.37. The van der Waals surface area contributed by atoms with Crippen molar-refractivity contribution in [3.05, 3.63) is 59.6 Å². The third-order valence-corrected chi connectivity index (χ3v) is 4.61. The quantitative estimate of drug-likeness (QED) is 0.826. The van der Waals surface area contributed by atoms with Gasteiger partial charge in [-0.15, -0.1) is 0 Å². The van der Waals surface area contributed by atoms with Crippen LogP contribution in [0.3, 0.4) is 0 Å². The second-order valence-electron chi connectivity index (χ2n) is 7.27. The van der Waals surface area contributed by atoms with Crippen molar-refractivity contribution in [1.82, 2.24) is 0 Å². The van der Waals surface area contributed by atoms with Crippen molar-refractivity contribution in [1.29, 1.82) is 0 Å². The summed E-state index contributed by atoms with van der Waals surface area (Å²) >= 11 is 0. The van der Waals surface area contributed by atoms with E-state index in [-0.39, 0.29) is 5.41 Å². The molecule has 1 N–H and O–H groups in total. The Morgan fingerprint density at radius 2 is 1.64 bits per heavy atom. The van der Waals surface area contributed by atoms with Crippen molar-refractivity contribution in [3.8, 4) is 0 Å². The first-order valence-electron chi connectivity index (χ1n) is 7.81. The highest BCUT2D eigenvalue weighted by Gasteiger charge is 2.46. The van der Waals surface area contributed by atoms with E-state index in [1.807, 2.05) is 31.2 Å². The van der Waals surface area contributed by atoms with Crippen molar-refractivity contribution in [2.75, 3.05) is 0 Å². The fourth-order valence-corrected chi connectivity index (χ4v) is 3.64. The zero-order chi connectivity index (χ0) is 16.0. The molecule has 1 atom stereocenters. The van der Waals surface area contributed by atoms with Crippen LogP contribution in [0, 0.1) is 5.41 Å². The SMILES string of the molecule is CC(C)(C)C1=CCCC1(O)c1ccccc1C1(C)OC=CO1. The zero-order valence-corrected chi connectivity index (χ0v) is 13.7. The molecule has 0 bridgehead atoms. The first kappa shape index (κ1) is 15.2. The highest BCUT2D eigenvalue weighted by Crippen LogP contribution is 2.50. The van der Waals surface area contributed by atoms with E-state index in [1.54, 1.807) is 12.5 Å². The van der Waals surface area contributed by atoms with E-state index in [0.717, 1.165) is 23.1 Å². The van der Waals surface area contributed by atoms with Crippen LogP contribution in [-0.2, 0) is 20.9 Å². The number of rotatable bonds is 2. The Morgan fingerprint density at radius 3 is 2.23 bits per heavy atom. The Labute approximate surface area is 132 Å². The Morgan fingerprint density at radius 1 is 1.05 bits per heavy atom. The molecule has 3 nitrogen and oxygen atoms in total. The standard InChI is InChI=1S/C19H24O3/c1-17(2,3)16-10-7-11-19(16,20)15-9-6-5-8-14(15)18(4)21-12-13-22-18/h5-6,8-10,12-13,20H,7,11H2,1-4H3. The van der Waals surface area contributed by atoms with Gasteiger partial charge in [-0.05, 0) is 29.4 Å². The molecule has 3 rings (SSSR count). The lowest BCUT2D eigenvalue weighted by atomic mass is 9.73. The molecular weight excluding hydrogens is 276 g/mol. The summed E-state index contributed by atoms with van der Waals surface area (Å²) in [5, 5.41) is 11.5. The highest BCUT2D eigenvalue weighted by molar-refractivity contribution is 5.45. The lowest BCUT2D eigenvalue weighted by molar-refractivity contribution is -0.135. The van der Waals surface area contributed by atoms with Crippen molar-refractivity contribution < 1.29 is 14.6 Å². The van der Waals surface area contributed by atoms with Crippen LogP contribution in [0.5, 0.6) is 0 Å². The summed E-state index contributed by atoms with van der Waals surface area (Å²) in [4.78, 5) is 0. The molecule has 1 aliphatic heterocycles. The number of hydrogen-bond donors (Lipinski definition) is 1. The molecule has 0 spiro atoms. The summed E-state index contributed by atoms with van der Waals surface area (Å²) in [6, 6.07) is 7.87. The van der Waals surface area contributed by atoms with Gasteiger partial charge in [0.25, 0.3) is 5.79 Å². The largest absolute Gasteiger partial charge is 0.453 e. The lowest BCUT2D eigenvalue weighted by Crippen LogP contribution is -2.36. The maximum absolute atomic E-state index is 11.5. The van der Waals surface area contributed by atoms with Crippen LogP contribution in [0.15, 0.2) is 48.4 Å². The molecule has 1 aliphatic carbocycles. The van der Waals surface area contributed by atoms with Gasteiger partial charge in [0.2, 0.25) is 0 Å². The van der Waals surface area contributed by atoms with E-state index in [9.17, 15) is 5.11 Å². The van der Waals surface area contributed by atoms with Crippen LogP contribution in [0.4, 0.5) is 0 Å². The minimum Gasteiger partial charge on any atom is -0.453 e. The molecule has 0 saturated carbocycles. The Bertz CT molecular complexity index is 628. The molecule has 3 heteroatoms. The molecule has 0 aromatic heterocycles. The molecule has 1 heterocycles. The predicted octanol–water partition coefficient (Wildman–Crippen LogP) is 4.33. The van der Waals surface area contributed by atoms with Gasteiger partial charge in [0.05, 0.1) is 0 Å². The number of aliphatic hydroxyl groups is 1. The summed E-state index contributed by atoms with van der Waals surface area (Å²) < 4.78 is 11.3. The Hall–Kier alpha value is -1.74. The smallest absolute Gasteiger partial charge is 0.274 e. The summed E-state index contributed by atoms with van der Waals surface area (Å²) in [5.74, 6) is -0.877. The first-order valence-corrected chi connectivity index (χ1v) is 7.81. The van der Waals surface area contributed by atoms with Crippen LogP contribution < -0.4 is 0 Å². The van der Waals surface area contributed by atoms with Crippen molar-refractivity contribution in [2.45, 2.75) is 51.9 Å². The van der Waals surface area contributed by atoms with Crippen LogP contribution in [0.2, 0.25) is 0 Å². The fourth-order valence-electron chi connectivity index (χ4n) is 3.64. The Balaban J connectivity index is 2.11. The first-order chi connectivity index (χ1) is 10.3. The number of benzene rings is 1. The van der Waals surface area contributed by atoms with Crippen LogP contribution in [0.25, 0.3) is 0 Å². The van der Waals surface area contributed by atoms with E-state index in [1.165, 1.54) is 0 Å². The van der Waals surface area contributed by atoms with Gasteiger partial charge in [-0.2, -0.15) is 0 Å². The maximum Gasteiger partial charge on any atom is 0.274 e. The van der Waals surface area contributed by atoms with Crippen LogP contribution in [-0.4, -0.2) is 5.11 Å². The van der Waals surface area contributed by atoms with Gasteiger partial charge in [0.15, 0.2) is 0 Å². The molecule has 0 amide bonds. The van der Waals surface area contributed by atoms with E-state index in [4.69, 9.17) is 9.47 Å². The molecule has 0 radical (unpaired) electrons. The van der Waals surface area contributed by atoms with Crippen molar-refractivity contribution in [2.24, 2.45) is 5.41 Å². The normalized spacial score (nSPS) is 26.5. The highest BCUT2D eigenvalue weighted by atomic mass is 16.7. The van der Waals surface area contributed by atoms with E-state index in [2.05, 4.69) is 26.8 Å². The molecule has 2 aliphatic rings. The molecule has 1 aromatic carbocycles. The van der Waals surface area contributed by atoms with Gasteiger partial charge in [-0.1, -0.05) is 51.1 Å². The van der Waals surface area contributed by atoms with Crippen LogP contribution in [0.1, 0.15) is 51.7 Å². The maximum atomic E-state index is 11.5. The topological polar surface area (TPSA) is 38.7 Å². The second kappa shape index (κ2) is 4.88. The number of allylic oxidation sites excluding steroid dienone is 1. The van der Waals surface area contributed by atoms with Crippen molar-refractivity contribution >= 4 is 0 Å². The summed E-state index contributed by atoms with van der Waals surface area (Å²) in [6.07, 6.45) is 6.86. The molecule has 0 fully saturated rings. The number of hydrogen-bond acceptors (Lipinski definition) is 3. The second-order valence-corrected chi connectivity index (χ2v) is 7.27. The van der Waals surface area contributed by atoms with Gasteiger partial charge in [0.1, 0.15) is 18.1 Å². The van der Waals surface area contributed by atoms with E-state index < -0.39 is 11.4 Å². The van der Waals surface area contributed by atoms with Gasteiger partial charge < -0.3 is 14.6 Å². The van der Waals surface area contributed by atoms with Gasteiger partial charge >= 0.3 is 0 Å². The molecular formula is C19H24O3. The average Bonchev–Trinajstić information content (AvgIpc) is 3.06. The average molecular weight is 300 g/mol. The summed E-state index contributed by atoms with van der Waals surface area (Å²) in [6.45, 7) is 8.31. The minimum atomic E-state index is -0.965. The molecule has 22 heavy (non-hydrogen) atoms. The fraction of sp³-hybridized carbons (Fsp3) is 0.474. The van der Waals surface area contributed by atoms with Crippen LogP contribution >= 0.6 is 0 Å². The van der Waals surface area contributed by atoms with E-state index in [0.29, 0.717) is 6.42 Å². The molecule has 1 aromatic rings. The monoisotopic (exact) mass is 300 g/mol. The minimum absolute atomic E-state index is 0.0884. The third kappa shape index (κ3) is 2.24. The molecule has 118 valence electrons. The zero-order valence-electron chi connectivity index (χ0n) is 13.7. The molecule has 1 unspecified atom stereocenters. The van der Waals surface area contributed by atoms with Gasteiger partial charge in [-0.25, -0.2) is 0 Å². The lowest BCUT2D eigenvalue weighted by Gasteiger charge is -2.38. The van der Waals surface area contributed by atoms with Gasteiger partial charge in [0, 0.05) is 12.5 Å². The number of ether oxygens (including phenoxy) is 2.